The molecule has 0 saturated carbocycles. The minimum absolute atomic E-state index is 0.00525. The lowest BCUT2D eigenvalue weighted by atomic mass is 9.98. The van der Waals surface area contributed by atoms with Crippen LogP contribution in [0.25, 0.3) is 0 Å². The van der Waals surface area contributed by atoms with E-state index >= 15 is 0 Å². The van der Waals surface area contributed by atoms with Gasteiger partial charge in [0, 0.05) is 59.8 Å². The zero-order valence-electron chi connectivity index (χ0n) is 39.5. The number of ether oxygens (including phenoxy) is 2. The van der Waals surface area contributed by atoms with Crippen LogP contribution in [0.1, 0.15) is 73.4 Å². The predicted molar refractivity (Wildman–Crippen MR) is 247 cm³/mol. The van der Waals surface area contributed by atoms with Crippen LogP contribution in [0.15, 0.2) is 97.1 Å². The van der Waals surface area contributed by atoms with E-state index in [0.717, 1.165) is 12.1 Å². The number of nitrogens with two attached hydrogens (primary N) is 1. The molecule has 0 atom stereocenters. The van der Waals surface area contributed by atoms with Gasteiger partial charge in [-0.25, -0.2) is 18.4 Å². The molecule has 4 aromatic carbocycles. The predicted octanol–water partition coefficient (Wildman–Crippen LogP) is 7.45. The Morgan fingerprint density at radius 1 is 0.600 bits per heavy atom. The van der Waals surface area contributed by atoms with Crippen molar-refractivity contribution in [3.63, 3.8) is 0 Å². The summed E-state index contributed by atoms with van der Waals surface area (Å²) in [5.74, 6) is -6.49. The van der Waals surface area contributed by atoms with Crippen molar-refractivity contribution in [3.8, 4) is 0 Å². The van der Waals surface area contributed by atoms with Gasteiger partial charge < -0.3 is 40.1 Å². The van der Waals surface area contributed by atoms with Gasteiger partial charge in [-0.05, 0) is 77.9 Å². The van der Waals surface area contributed by atoms with Crippen LogP contribution in [0.4, 0.5) is 42.9 Å². The van der Waals surface area contributed by atoms with Crippen molar-refractivity contribution < 1.29 is 65.0 Å². The zero-order chi connectivity index (χ0) is 51.7. The van der Waals surface area contributed by atoms with E-state index in [1.54, 1.807) is 96.1 Å². The van der Waals surface area contributed by atoms with Crippen molar-refractivity contribution in [1.29, 1.82) is 0 Å². The first-order valence-corrected chi connectivity index (χ1v) is 22.1. The van der Waals surface area contributed by atoms with Crippen molar-refractivity contribution in [3.05, 3.63) is 131 Å². The second-order valence-electron chi connectivity index (χ2n) is 18.5. The van der Waals surface area contributed by atoms with E-state index < -0.39 is 71.3 Å². The first-order chi connectivity index (χ1) is 32.7. The Hall–Kier alpha value is -7.22. The number of benzene rings is 4. The van der Waals surface area contributed by atoms with Crippen molar-refractivity contribution in [1.82, 2.24) is 15.1 Å². The summed E-state index contributed by atoms with van der Waals surface area (Å²) >= 11 is 0. The number of rotatable bonds is 13. The molecule has 2 saturated heterocycles. The van der Waals surface area contributed by atoms with E-state index in [4.69, 9.17) is 15.2 Å². The molecule has 15 nitrogen and oxygen atoms in total. The SMILES string of the molecule is CC(C)(C)OC(=O)N1CC(C(=O)N(Cc2ccc(C(=O)CN)cc2F)c2ccccc2)C1.CC(C)(C)OC(=O)N1CC(C(=O)N(Cc2ccc(C(=O)CNC(=O)C(F)(F)F)cc2F)c2ccccc2)C1. The number of para-hydroxylation sites is 2. The van der Waals surface area contributed by atoms with Gasteiger partial charge in [0.15, 0.2) is 11.6 Å². The van der Waals surface area contributed by atoms with E-state index in [9.17, 15) is 55.5 Å². The smallest absolute Gasteiger partial charge is 0.444 e. The number of nitrogens with zero attached hydrogens (tertiary/aromatic N) is 4. The van der Waals surface area contributed by atoms with E-state index in [-0.39, 0.29) is 85.7 Å². The molecule has 70 heavy (non-hydrogen) atoms. The molecule has 0 unspecified atom stereocenters. The maximum atomic E-state index is 14.9. The Labute approximate surface area is 401 Å². The second kappa shape index (κ2) is 22.5. The topological polar surface area (TPSA) is 189 Å². The van der Waals surface area contributed by atoms with Crippen LogP contribution in [-0.4, -0.2) is 108 Å². The lowest BCUT2D eigenvalue weighted by Crippen LogP contribution is -2.57. The van der Waals surface area contributed by atoms with E-state index in [1.165, 1.54) is 49.2 Å². The fourth-order valence-corrected chi connectivity index (χ4v) is 6.99. The average Bonchev–Trinajstić information content (AvgIpc) is 3.25. The first kappa shape index (κ1) is 53.7. The lowest BCUT2D eigenvalue weighted by Gasteiger charge is -2.41. The van der Waals surface area contributed by atoms with E-state index in [0.29, 0.717) is 11.4 Å². The molecule has 0 aliphatic carbocycles. The number of anilines is 2. The van der Waals surface area contributed by atoms with Crippen molar-refractivity contribution in [2.24, 2.45) is 17.6 Å². The summed E-state index contributed by atoms with van der Waals surface area (Å²) in [6.45, 7) is 9.93. The Balaban J connectivity index is 0.000000265. The van der Waals surface area contributed by atoms with Crippen molar-refractivity contribution in [2.45, 2.75) is 72.0 Å². The number of alkyl halides is 3. The highest BCUT2D eigenvalue weighted by Crippen LogP contribution is 2.29. The molecule has 2 heterocycles. The van der Waals surface area contributed by atoms with Crippen molar-refractivity contribution in [2.75, 3.05) is 49.1 Å². The number of Topliss-reactive ketones (excluding diaryl/α,β-unsaturated/α-hetero) is 2. The highest BCUT2D eigenvalue weighted by molar-refractivity contribution is 6.00. The Morgan fingerprint density at radius 3 is 1.30 bits per heavy atom. The summed E-state index contributed by atoms with van der Waals surface area (Å²) in [6.07, 6.45) is -6.14. The third-order valence-corrected chi connectivity index (χ3v) is 10.7. The molecule has 6 rings (SSSR count). The van der Waals surface area contributed by atoms with Crippen LogP contribution in [-0.2, 0) is 36.9 Å². The van der Waals surface area contributed by atoms with Gasteiger partial charge >= 0.3 is 24.3 Å². The van der Waals surface area contributed by atoms with Gasteiger partial charge in [-0.2, -0.15) is 13.2 Å². The van der Waals surface area contributed by atoms with Crippen LogP contribution in [0, 0.1) is 23.5 Å². The molecule has 374 valence electrons. The molecule has 5 amide bonds. The monoisotopic (exact) mass is 978 g/mol. The van der Waals surface area contributed by atoms with Gasteiger partial charge in [0.1, 0.15) is 22.8 Å². The Kier molecular flexibility index (Phi) is 17.2. The Morgan fingerprint density at radius 2 is 0.971 bits per heavy atom. The number of halogens is 5. The molecule has 2 aliphatic rings. The van der Waals surface area contributed by atoms with Gasteiger partial charge in [-0.15, -0.1) is 0 Å². The van der Waals surface area contributed by atoms with Crippen LogP contribution in [0.5, 0.6) is 0 Å². The third-order valence-electron chi connectivity index (χ3n) is 10.7. The molecule has 2 fully saturated rings. The number of hydrogen-bond acceptors (Lipinski definition) is 10. The van der Waals surface area contributed by atoms with Crippen LogP contribution < -0.4 is 20.9 Å². The number of carbonyl (C=O) groups is 7. The molecule has 0 aromatic heterocycles. The number of nitrogens with one attached hydrogen (secondary N) is 1. The van der Waals surface area contributed by atoms with Crippen LogP contribution >= 0.6 is 0 Å². The average molecular weight is 979 g/mol. The standard InChI is InChI=1S/C26H27F4N3O5.C24H28FN3O4/c1-25(2,3)38-24(37)32-13-18(14-32)22(35)33(19-7-5-4-6-8-19)15-17-10-9-16(11-20(17)27)21(34)12-31-23(36)26(28,29)30;1-24(2,3)32-23(31)27-13-18(14-27)22(30)28(19-7-5-4-6-8-19)15-17-10-9-16(11-20(17)25)21(29)12-26/h4-11,18H,12-15H2,1-3H3,(H,31,36);4-11,18H,12-15,26H2,1-3H3. The maximum absolute atomic E-state index is 14.9. The molecular weight excluding hydrogens is 924 g/mol. The third kappa shape index (κ3) is 14.6. The maximum Gasteiger partial charge on any atom is 0.471 e. The number of carbonyl (C=O) groups excluding carboxylic acids is 7. The molecule has 0 spiro atoms. The summed E-state index contributed by atoms with van der Waals surface area (Å²) in [4.78, 5) is 91.6. The first-order valence-electron chi connectivity index (χ1n) is 22.1. The van der Waals surface area contributed by atoms with Crippen LogP contribution in [0.3, 0.4) is 0 Å². The number of likely N-dealkylation sites (tertiary alicyclic amines) is 2. The van der Waals surface area contributed by atoms with Crippen LogP contribution in [0.2, 0.25) is 0 Å². The highest BCUT2D eigenvalue weighted by atomic mass is 19.4. The molecule has 2 aliphatic heterocycles. The summed E-state index contributed by atoms with van der Waals surface area (Å²) in [6, 6.07) is 24.9. The highest BCUT2D eigenvalue weighted by Gasteiger charge is 2.42. The quantitative estimate of drug-likeness (QED) is 0.101. The van der Waals surface area contributed by atoms with Gasteiger partial charge in [0.05, 0.1) is 38.0 Å². The summed E-state index contributed by atoms with van der Waals surface area (Å²) in [7, 11) is 0. The number of amides is 5. The Bertz CT molecular complexity index is 2560. The summed E-state index contributed by atoms with van der Waals surface area (Å²) in [5.41, 5.74) is 5.45. The molecular formula is C50H55F5N6O9. The molecule has 20 heteroatoms. The van der Waals surface area contributed by atoms with Gasteiger partial charge in [-0.3, -0.25) is 24.0 Å². The molecule has 0 bridgehead atoms. The molecule has 0 radical (unpaired) electrons. The molecule has 3 N–H and O–H groups in total. The van der Waals surface area contributed by atoms with E-state index in [1.807, 2.05) is 6.07 Å². The minimum atomic E-state index is -5.15. The summed E-state index contributed by atoms with van der Waals surface area (Å²) in [5, 5.41) is 1.45. The normalized spacial score (nSPS) is 13.9. The minimum Gasteiger partial charge on any atom is -0.444 e. The summed E-state index contributed by atoms with van der Waals surface area (Å²) < 4.78 is 77.2. The van der Waals surface area contributed by atoms with Gasteiger partial charge in [-0.1, -0.05) is 60.7 Å². The van der Waals surface area contributed by atoms with Crippen molar-refractivity contribution >= 4 is 52.8 Å². The fraction of sp³-hybridized carbons (Fsp3) is 0.380. The van der Waals surface area contributed by atoms with Gasteiger partial charge in [0.25, 0.3) is 0 Å². The van der Waals surface area contributed by atoms with Gasteiger partial charge in [0.2, 0.25) is 11.8 Å². The number of ketones is 2. The fourth-order valence-electron chi connectivity index (χ4n) is 6.99. The second-order valence-corrected chi connectivity index (χ2v) is 18.5. The zero-order valence-corrected chi connectivity index (χ0v) is 39.5. The lowest BCUT2D eigenvalue weighted by molar-refractivity contribution is -0.173. The van der Waals surface area contributed by atoms with E-state index in [2.05, 4.69) is 0 Å². The largest absolute Gasteiger partial charge is 0.471 e. The molecule has 4 aromatic rings. The number of hydrogen-bond donors (Lipinski definition) is 2.